The molecular weight excluding hydrogens is 633 g/mol. The van der Waals surface area contributed by atoms with Crippen LogP contribution in [0.5, 0.6) is 0 Å². The van der Waals surface area contributed by atoms with Gasteiger partial charge in [-0.05, 0) is 85.9 Å². The lowest BCUT2D eigenvalue weighted by Gasteiger charge is -2.48. The third-order valence-electron chi connectivity index (χ3n) is 8.88. The van der Waals surface area contributed by atoms with Crippen molar-refractivity contribution in [3.63, 3.8) is 0 Å². The van der Waals surface area contributed by atoms with Crippen LogP contribution in [0.15, 0.2) is 48.5 Å². The van der Waals surface area contributed by atoms with E-state index in [0.717, 1.165) is 65.4 Å². The first-order chi connectivity index (χ1) is 19.8. The van der Waals surface area contributed by atoms with Gasteiger partial charge in [0.2, 0.25) is 5.95 Å². The Balaban J connectivity index is 1.32. The molecule has 10 heteroatoms. The fraction of sp³-hybridized carbons (Fsp3) is 0.516. The lowest BCUT2D eigenvalue weighted by molar-refractivity contribution is -0.0672. The van der Waals surface area contributed by atoms with Crippen LogP contribution < -0.4 is 4.90 Å². The second kappa shape index (κ2) is 11.6. The van der Waals surface area contributed by atoms with Crippen LogP contribution in [0.2, 0.25) is 0 Å². The SMILES string of the molecule is C[C@@H]1CN(C2CCN(c3nc(C(CO)(OC4CC4)c4ccccc4)c4cc(I)ccc4n3)CC2)[C@@H](C)CN1C(=O)O. The van der Waals surface area contributed by atoms with Crippen LogP contribution in [0, 0.1) is 3.57 Å². The molecule has 6 rings (SSSR count). The number of ether oxygens (including phenoxy) is 1. The summed E-state index contributed by atoms with van der Waals surface area (Å²) in [5, 5.41) is 21.5. The average Bonchev–Trinajstić information content (AvgIpc) is 3.81. The van der Waals surface area contributed by atoms with Crippen LogP contribution in [0.25, 0.3) is 10.9 Å². The molecule has 2 saturated heterocycles. The maximum absolute atomic E-state index is 11.6. The molecule has 2 aromatic carbocycles. The molecule has 41 heavy (non-hydrogen) atoms. The summed E-state index contributed by atoms with van der Waals surface area (Å²) in [4.78, 5) is 28.2. The number of amides is 1. The molecule has 3 atom stereocenters. The zero-order valence-electron chi connectivity index (χ0n) is 23.6. The van der Waals surface area contributed by atoms with Gasteiger partial charge in [0.1, 0.15) is 0 Å². The quantitative estimate of drug-likeness (QED) is 0.349. The molecule has 0 bridgehead atoms. The molecule has 9 nitrogen and oxygen atoms in total. The van der Waals surface area contributed by atoms with E-state index in [1.54, 1.807) is 4.90 Å². The second-order valence-electron chi connectivity index (χ2n) is 11.8. The van der Waals surface area contributed by atoms with Crippen molar-refractivity contribution < 1.29 is 19.7 Å². The van der Waals surface area contributed by atoms with Crippen molar-refractivity contribution in [2.24, 2.45) is 0 Å². The number of hydrogen-bond donors (Lipinski definition) is 2. The van der Waals surface area contributed by atoms with Crippen molar-refractivity contribution in [1.29, 1.82) is 0 Å². The predicted molar refractivity (Wildman–Crippen MR) is 166 cm³/mol. The molecule has 1 aliphatic carbocycles. The first kappa shape index (κ1) is 28.6. The number of anilines is 1. The van der Waals surface area contributed by atoms with E-state index in [1.807, 2.05) is 43.3 Å². The number of hydrogen-bond acceptors (Lipinski definition) is 7. The van der Waals surface area contributed by atoms with E-state index in [9.17, 15) is 15.0 Å². The van der Waals surface area contributed by atoms with Crippen LogP contribution in [0.1, 0.15) is 50.8 Å². The minimum absolute atomic E-state index is 0.0213. The number of aromatic nitrogens is 2. The van der Waals surface area contributed by atoms with Gasteiger partial charge >= 0.3 is 6.09 Å². The summed E-state index contributed by atoms with van der Waals surface area (Å²) >= 11 is 2.31. The highest BCUT2D eigenvalue weighted by Crippen LogP contribution is 2.42. The van der Waals surface area contributed by atoms with Gasteiger partial charge in [0.25, 0.3) is 0 Å². The highest BCUT2D eigenvalue weighted by molar-refractivity contribution is 14.1. The van der Waals surface area contributed by atoms with E-state index in [-0.39, 0.29) is 24.8 Å². The molecule has 2 aliphatic heterocycles. The number of aliphatic hydroxyl groups excluding tert-OH is 1. The topological polar surface area (TPSA) is 102 Å². The molecule has 1 unspecified atom stereocenters. The van der Waals surface area contributed by atoms with E-state index in [2.05, 4.69) is 51.4 Å². The Morgan fingerprint density at radius 1 is 1.02 bits per heavy atom. The summed E-state index contributed by atoms with van der Waals surface area (Å²) in [7, 11) is 0. The molecule has 0 radical (unpaired) electrons. The zero-order valence-corrected chi connectivity index (χ0v) is 25.8. The summed E-state index contributed by atoms with van der Waals surface area (Å²) in [6, 6.07) is 16.7. The number of piperidine rings is 1. The number of halogens is 1. The molecule has 3 aliphatic rings. The molecule has 1 saturated carbocycles. The number of aliphatic hydroxyl groups is 1. The fourth-order valence-corrected chi connectivity index (χ4v) is 7.00. The molecule has 1 aromatic heterocycles. The summed E-state index contributed by atoms with van der Waals surface area (Å²) in [5.74, 6) is 0.664. The molecular formula is C31H38IN5O4. The van der Waals surface area contributed by atoms with Gasteiger partial charge in [-0.2, -0.15) is 0 Å². The Morgan fingerprint density at radius 2 is 1.76 bits per heavy atom. The number of piperazine rings is 1. The number of benzene rings is 2. The van der Waals surface area contributed by atoms with E-state index in [0.29, 0.717) is 24.2 Å². The minimum atomic E-state index is -1.09. The normalized spacial score (nSPS) is 24.0. The first-order valence-electron chi connectivity index (χ1n) is 14.6. The average molecular weight is 672 g/mol. The second-order valence-corrected chi connectivity index (χ2v) is 13.0. The Labute approximate surface area is 254 Å². The predicted octanol–water partition coefficient (Wildman–Crippen LogP) is 4.69. The van der Waals surface area contributed by atoms with Gasteiger partial charge in [0, 0.05) is 53.3 Å². The largest absolute Gasteiger partial charge is 0.465 e. The minimum Gasteiger partial charge on any atom is -0.465 e. The van der Waals surface area contributed by atoms with Crippen LogP contribution in [-0.2, 0) is 10.3 Å². The van der Waals surface area contributed by atoms with E-state index in [4.69, 9.17) is 14.7 Å². The Kier molecular flexibility index (Phi) is 8.10. The van der Waals surface area contributed by atoms with Crippen LogP contribution in [0.4, 0.5) is 10.7 Å². The van der Waals surface area contributed by atoms with Gasteiger partial charge in [0.05, 0.1) is 23.9 Å². The lowest BCUT2D eigenvalue weighted by atomic mass is 9.88. The van der Waals surface area contributed by atoms with E-state index < -0.39 is 11.7 Å². The Hall–Kier alpha value is -2.54. The standard InChI is InChI=1S/C31H38IN5O4/c1-20-18-37(30(39)40)21(2)17-36(20)24-12-14-35(15-13-24)29-33-27-11-8-23(32)16-26(27)28(34-29)31(19-38,41-25-9-10-25)22-6-4-3-5-7-22/h3-8,11,16,20-21,24-25,38H,9-10,12-15,17-19H2,1-2H3,(H,39,40)/t20-,21+,31?/m0/s1. The molecule has 3 fully saturated rings. The van der Waals surface area contributed by atoms with Gasteiger partial charge in [-0.15, -0.1) is 0 Å². The summed E-state index contributed by atoms with van der Waals surface area (Å²) in [5.41, 5.74) is 1.36. The third kappa shape index (κ3) is 5.63. The molecule has 2 N–H and O–H groups in total. The smallest absolute Gasteiger partial charge is 0.407 e. The zero-order chi connectivity index (χ0) is 28.7. The van der Waals surface area contributed by atoms with Crippen molar-refractivity contribution in [3.05, 3.63) is 63.4 Å². The Bertz CT molecular complexity index is 1400. The van der Waals surface area contributed by atoms with Crippen molar-refractivity contribution >= 4 is 45.5 Å². The van der Waals surface area contributed by atoms with Gasteiger partial charge in [-0.25, -0.2) is 14.8 Å². The molecule has 1 amide bonds. The van der Waals surface area contributed by atoms with Crippen molar-refractivity contribution in [2.45, 2.75) is 69.4 Å². The van der Waals surface area contributed by atoms with Crippen molar-refractivity contribution in [3.8, 4) is 0 Å². The van der Waals surface area contributed by atoms with Gasteiger partial charge in [-0.1, -0.05) is 30.3 Å². The van der Waals surface area contributed by atoms with Crippen LogP contribution in [0.3, 0.4) is 0 Å². The number of carbonyl (C=O) groups is 1. The summed E-state index contributed by atoms with van der Waals surface area (Å²) in [6.07, 6.45) is 3.13. The maximum atomic E-state index is 11.6. The first-order valence-corrected chi connectivity index (χ1v) is 15.7. The third-order valence-corrected chi connectivity index (χ3v) is 9.55. The summed E-state index contributed by atoms with van der Waals surface area (Å²) < 4.78 is 7.77. The van der Waals surface area contributed by atoms with Crippen molar-refractivity contribution in [2.75, 3.05) is 37.7 Å². The van der Waals surface area contributed by atoms with Crippen LogP contribution >= 0.6 is 22.6 Å². The van der Waals surface area contributed by atoms with Crippen molar-refractivity contribution in [1.82, 2.24) is 19.8 Å². The number of rotatable bonds is 7. The highest BCUT2D eigenvalue weighted by Gasteiger charge is 2.44. The number of nitrogens with zero attached hydrogens (tertiary/aromatic N) is 5. The number of fused-ring (bicyclic) bond motifs is 1. The summed E-state index contributed by atoms with van der Waals surface area (Å²) in [6.45, 7) is 6.82. The molecule has 218 valence electrons. The fourth-order valence-electron chi connectivity index (χ4n) is 6.51. The number of carboxylic acid groups (broad SMARTS) is 1. The maximum Gasteiger partial charge on any atom is 0.407 e. The highest BCUT2D eigenvalue weighted by atomic mass is 127. The van der Waals surface area contributed by atoms with E-state index >= 15 is 0 Å². The Morgan fingerprint density at radius 3 is 2.41 bits per heavy atom. The van der Waals surface area contributed by atoms with Gasteiger partial charge < -0.3 is 24.7 Å². The lowest BCUT2D eigenvalue weighted by Crippen LogP contribution is -2.61. The molecule has 3 aromatic rings. The van der Waals surface area contributed by atoms with E-state index in [1.165, 1.54) is 0 Å². The molecule has 3 heterocycles. The molecule has 0 spiro atoms. The van der Waals surface area contributed by atoms with Gasteiger partial charge in [-0.3, -0.25) is 4.90 Å². The van der Waals surface area contributed by atoms with Gasteiger partial charge in [0.15, 0.2) is 5.60 Å². The monoisotopic (exact) mass is 671 g/mol. The van der Waals surface area contributed by atoms with Crippen LogP contribution in [-0.4, -0.2) is 93.1 Å².